The molecule has 6 heteroatoms. The minimum atomic E-state index is -0.848. The van der Waals surface area contributed by atoms with Crippen LogP contribution in [-0.2, 0) is 4.79 Å². The maximum absolute atomic E-state index is 11.9. The van der Waals surface area contributed by atoms with Crippen LogP contribution in [0.15, 0.2) is 18.3 Å². The van der Waals surface area contributed by atoms with E-state index in [9.17, 15) is 9.59 Å². The highest BCUT2D eigenvalue weighted by Gasteiger charge is 2.30. The molecule has 6 nitrogen and oxygen atoms in total. The van der Waals surface area contributed by atoms with Crippen LogP contribution in [0.1, 0.15) is 12.0 Å². The van der Waals surface area contributed by atoms with E-state index in [1.54, 1.807) is 12.3 Å². The summed E-state index contributed by atoms with van der Waals surface area (Å²) in [6, 6.07) is 3.31. The van der Waals surface area contributed by atoms with Gasteiger partial charge in [-0.3, -0.25) is 10.1 Å². The predicted molar refractivity (Wildman–Crippen MR) is 65.3 cm³/mol. The second-order valence-electron chi connectivity index (χ2n) is 4.42. The lowest BCUT2D eigenvalue weighted by molar-refractivity contribution is -0.141. The maximum Gasteiger partial charge on any atom is 0.323 e. The Balaban J connectivity index is 1.95. The number of likely N-dealkylation sites (tertiary alicyclic amines) is 1. The largest absolute Gasteiger partial charge is 0.481 e. The number of rotatable bonds is 2. The molecule has 0 radical (unpaired) electrons. The van der Waals surface area contributed by atoms with Gasteiger partial charge in [0.25, 0.3) is 0 Å². The molecule has 1 aliphatic heterocycles. The van der Waals surface area contributed by atoms with Gasteiger partial charge < -0.3 is 10.0 Å². The Labute approximate surface area is 105 Å². The van der Waals surface area contributed by atoms with Crippen molar-refractivity contribution in [3.63, 3.8) is 0 Å². The van der Waals surface area contributed by atoms with Crippen molar-refractivity contribution in [3.8, 4) is 0 Å². The predicted octanol–water partition coefficient (Wildman–Crippen LogP) is 1.33. The lowest BCUT2D eigenvalue weighted by Crippen LogP contribution is -2.34. The molecule has 96 valence electrons. The van der Waals surface area contributed by atoms with Crippen LogP contribution in [0.4, 0.5) is 10.6 Å². The molecule has 2 N–H and O–H groups in total. The number of urea groups is 1. The number of amides is 2. The normalized spacial score (nSPS) is 18.7. The van der Waals surface area contributed by atoms with E-state index in [2.05, 4.69) is 10.3 Å². The molecule has 0 aromatic carbocycles. The number of carboxylic acid groups (broad SMARTS) is 1. The van der Waals surface area contributed by atoms with Crippen molar-refractivity contribution in [1.82, 2.24) is 9.88 Å². The molecular weight excluding hydrogens is 234 g/mol. The lowest BCUT2D eigenvalue weighted by atomic mass is 10.1. The Hall–Kier alpha value is -2.11. The van der Waals surface area contributed by atoms with Crippen molar-refractivity contribution in [1.29, 1.82) is 0 Å². The van der Waals surface area contributed by atoms with Gasteiger partial charge in [0, 0.05) is 19.3 Å². The van der Waals surface area contributed by atoms with Gasteiger partial charge in [0.1, 0.15) is 5.82 Å². The molecule has 1 aromatic heterocycles. The molecule has 2 heterocycles. The molecule has 1 fully saturated rings. The van der Waals surface area contributed by atoms with E-state index < -0.39 is 11.9 Å². The molecule has 1 aromatic rings. The first-order valence-electron chi connectivity index (χ1n) is 5.77. The Morgan fingerprint density at radius 3 is 2.94 bits per heavy atom. The van der Waals surface area contributed by atoms with Gasteiger partial charge in [-0.1, -0.05) is 0 Å². The van der Waals surface area contributed by atoms with Gasteiger partial charge in [0.2, 0.25) is 0 Å². The van der Waals surface area contributed by atoms with Crippen molar-refractivity contribution in [3.05, 3.63) is 23.9 Å². The number of pyridine rings is 1. The molecule has 1 unspecified atom stereocenters. The molecular formula is C12H15N3O3. The van der Waals surface area contributed by atoms with E-state index in [1.807, 2.05) is 13.0 Å². The Bertz CT molecular complexity index is 475. The zero-order valence-corrected chi connectivity index (χ0v) is 10.1. The number of aromatic nitrogens is 1. The van der Waals surface area contributed by atoms with Crippen molar-refractivity contribution in [2.75, 3.05) is 18.4 Å². The Morgan fingerprint density at radius 1 is 1.56 bits per heavy atom. The molecule has 0 saturated carbocycles. The van der Waals surface area contributed by atoms with E-state index in [0.29, 0.717) is 18.8 Å². The minimum Gasteiger partial charge on any atom is -0.481 e. The van der Waals surface area contributed by atoms with E-state index in [1.165, 1.54) is 4.90 Å². The molecule has 0 bridgehead atoms. The van der Waals surface area contributed by atoms with Crippen LogP contribution < -0.4 is 5.32 Å². The Morgan fingerprint density at radius 2 is 2.33 bits per heavy atom. The fourth-order valence-corrected chi connectivity index (χ4v) is 1.94. The number of hydrogen-bond donors (Lipinski definition) is 2. The number of aliphatic carboxylic acids is 1. The van der Waals surface area contributed by atoms with Gasteiger partial charge in [-0.2, -0.15) is 0 Å². The van der Waals surface area contributed by atoms with Gasteiger partial charge in [0.05, 0.1) is 5.92 Å². The monoisotopic (exact) mass is 249 g/mol. The highest BCUT2D eigenvalue weighted by molar-refractivity contribution is 5.89. The summed E-state index contributed by atoms with van der Waals surface area (Å²) in [5, 5.41) is 11.5. The zero-order valence-electron chi connectivity index (χ0n) is 10.1. The summed E-state index contributed by atoms with van der Waals surface area (Å²) in [7, 11) is 0. The number of nitrogens with one attached hydrogen (secondary N) is 1. The second kappa shape index (κ2) is 5.03. The van der Waals surface area contributed by atoms with Crippen molar-refractivity contribution in [2.45, 2.75) is 13.3 Å². The molecule has 1 aliphatic rings. The van der Waals surface area contributed by atoms with Gasteiger partial charge >= 0.3 is 12.0 Å². The summed E-state index contributed by atoms with van der Waals surface area (Å²) in [4.78, 5) is 28.2. The SMILES string of the molecule is Cc1ccnc(NC(=O)N2CCC(C(=O)O)C2)c1. The van der Waals surface area contributed by atoms with E-state index >= 15 is 0 Å². The fourth-order valence-electron chi connectivity index (χ4n) is 1.94. The number of carbonyl (C=O) groups is 2. The van der Waals surface area contributed by atoms with Gasteiger partial charge in [0.15, 0.2) is 0 Å². The summed E-state index contributed by atoms with van der Waals surface area (Å²) in [6.45, 7) is 2.63. The first kappa shape index (κ1) is 12.3. The smallest absolute Gasteiger partial charge is 0.323 e. The summed E-state index contributed by atoms with van der Waals surface area (Å²) in [5.41, 5.74) is 1.00. The van der Waals surface area contributed by atoms with E-state index in [4.69, 9.17) is 5.11 Å². The Kier molecular flexibility index (Phi) is 3.45. The number of anilines is 1. The summed E-state index contributed by atoms with van der Waals surface area (Å²) < 4.78 is 0. The van der Waals surface area contributed by atoms with Crippen LogP contribution in [0.5, 0.6) is 0 Å². The maximum atomic E-state index is 11.9. The summed E-state index contributed by atoms with van der Waals surface area (Å²) >= 11 is 0. The molecule has 1 atom stereocenters. The van der Waals surface area contributed by atoms with E-state index in [-0.39, 0.29) is 12.6 Å². The topological polar surface area (TPSA) is 82.5 Å². The highest BCUT2D eigenvalue weighted by atomic mass is 16.4. The average molecular weight is 249 g/mol. The molecule has 2 amide bonds. The van der Waals surface area contributed by atoms with Crippen LogP contribution in [0, 0.1) is 12.8 Å². The zero-order chi connectivity index (χ0) is 13.1. The highest BCUT2D eigenvalue weighted by Crippen LogP contribution is 2.17. The lowest BCUT2D eigenvalue weighted by Gasteiger charge is -2.16. The van der Waals surface area contributed by atoms with Crippen LogP contribution in [0.3, 0.4) is 0 Å². The number of hydrogen-bond acceptors (Lipinski definition) is 3. The van der Waals surface area contributed by atoms with Crippen LogP contribution in [-0.4, -0.2) is 40.1 Å². The van der Waals surface area contributed by atoms with Gasteiger partial charge in [-0.25, -0.2) is 9.78 Å². The quantitative estimate of drug-likeness (QED) is 0.828. The second-order valence-corrected chi connectivity index (χ2v) is 4.42. The van der Waals surface area contributed by atoms with Crippen molar-refractivity contribution in [2.24, 2.45) is 5.92 Å². The first-order valence-corrected chi connectivity index (χ1v) is 5.77. The average Bonchev–Trinajstić information content (AvgIpc) is 2.78. The van der Waals surface area contributed by atoms with Crippen molar-refractivity contribution < 1.29 is 14.7 Å². The third-order valence-electron chi connectivity index (χ3n) is 2.98. The van der Waals surface area contributed by atoms with Crippen LogP contribution in [0.2, 0.25) is 0 Å². The fraction of sp³-hybridized carbons (Fsp3) is 0.417. The number of aryl methyl sites for hydroxylation is 1. The van der Waals surface area contributed by atoms with E-state index in [0.717, 1.165) is 5.56 Å². The summed E-state index contributed by atoms with van der Waals surface area (Å²) in [6.07, 6.45) is 2.12. The van der Waals surface area contributed by atoms with Crippen molar-refractivity contribution >= 4 is 17.8 Å². The third kappa shape index (κ3) is 2.77. The number of carbonyl (C=O) groups excluding carboxylic acids is 1. The van der Waals surface area contributed by atoms with Gasteiger partial charge in [-0.05, 0) is 31.0 Å². The molecule has 1 saturated heterocycles. The number of carboxylic acids is 1. The molecule has 0 aliphatic carbocycles. The van der Waals surface area contributed by atoms with Crippen LogP contribution in [0.25, 0.3) is 0 Å². The molecule has 18 heavy (non-hydrogen) atoms. The molecule has 0 spiro atoms. The molecule has 2 rings (SSSR count). The standard InChI is InChI=1S/C12H15N3O3/c1-8-2-4-13-10(6-8)14-12(18)15-5-3-9(7-15)11(16)17/h2,4,6,9H,3,5,7H2,1H3,(H,16,17)(H,13,14,18). The first-order chi connectivity index (χ1) is 8.56. The number of nitrogens with zero attached hydrogens (tertiary/aromatic N) is 2. The van der Waals surface area contributed by atoms with Crippen LogP contribution >= 0.6 is 0 Å². The third-order valence-corrected chi connectivity index (χ3v) is 2.98. The summed E-state index contributed by atoms with van der Waals surface area (Å²) in [5.74, 6) is -0.820. The minimum absolute atomic E-state index is 0.257. The van der Waals surface area contributed by atoms with Gasteiger partial charge in [-0.15, -0.1) is 0 Å².